The lowest BCUT2D eigenvalue weighted by Crippen LogP contribution is -1.97. The van der Waals surface area contributed by atoms with Crippen molar-refractivity contribution in [2.75, 3.05) is 5.75 Å². The van der Waals surface area contributed by atoms with Gasteiger partial charge in [0.25, 0.3) is 0 Å². The van der Waals surface area contributed by atoms with E-state index >= 15 is 0 Å². The summed E-state index contributed by atoms with van der Waals surface area (Å²) in [7, 11) is 0. The van der Waals surface area contributed by atoms with Crippen LogP contribution in [-0.4, -0.2) is 10.9 Å². The lowest BCUT2D eigenvalue weighted by molar-refractivity contribution is 0.208. The average Bonchev–Trinajstić information content (AvgIpc) is 2.81. The first-order valence-electron chi connectivity index (χ1n) is 4.86. The molecule has 4 heteroatoms. The van der Waals surface area contributed by atoms with E-state index in [1.54, 1.807) is 18.2 Å². The first-order valence-corrected chi connectivity index (χ1v) is 6.72. The molecule has 1 atom stereocenters. The highest BCUT2D eigenvalue weighted by Crippen LogP contribution is 2.28. The van der Waals surface area contributed by atoms with Gasteiger partial charge in [0.1, 0.15) is 5.82 Å². The summed E-state index contributed by atoms with van der Waals surface area (Å²) in [4.78, 5) is 1.50. The minimum atomic E-state index is -0.524. The van der Waals surface area contributed by atoms with E-state index in [0.29, 0.717) is 10.6 Å². The molecule has 2 aromatic rings. The summed E-state index contributed by atoms with van der Waals surface area (Å²) in [6, 6.07) is 10.4. The van der Waals surface area contributed by atoms with Gasteiger partial charge < -0.3 is 5.11 Å². The Morgan fingerprint density at radius 3 is 2.75 bits per heavy atom. The number of hydrogen-bond acceptors (Lipinski definition) is 3. The highest BCUT2D eigenvalue weighted by atomic mass is 32.2. The maximum atomic E-state index is 13.3. The SMILES string of the molecule is OC(CSc1ccccc1F)c1cccs1. The molecule has 84 valence electrons. The Bertz CT molecular complexity index is 442. The second-order valence-electron chi connectivity index (χ2n) is 3.27. The quantitative estimate of drug-likeness (QED) is 0.839. The maximum Gasteiger partial charge on any atom is 0.136 e. The molecule has 0 bridgehead atoms. The maximum absolute atomic E-state index is 13.3. The molecule has 0 aliphatic rings. The van der Waals surface area contributed by atoms with Gasteiger partial charge in [0.2, 0.25) is 0 Å². The molecule has 1 heterocycles. The van der Waals surface area contributed by atoms with Gasteiger partial charge in [0.15, 0.2) is 0 Å². The molecule has 0 aliphatic heterocycles. The number of aliphatic hydroxyl groups excluding tert-OH is 1. The Morgan fingerprint density at radius 2 is 2.06 bits per heavy atom. The highest BCUT2D eigenvalue weighted by molar-refractivity contribution is 7.99. The van der Waals surface area contributed by atoms with Crippen molar-refractivity contribution in [2.24, 2.45) is 0 Å². The van der Waals surface area contributed by atoms with Crippen LogP contribution in [0.3, 0.4) is 0 Å². The van der Waals surface area contributed by atoms with E-state index < -0.39 is 6.10 Å². The number of halogens is 1. The van der Waals surface area contributed by atoms with Gasteiger partial charge in [0.05, 0.1) is 6.10 Å². The van der Waals surface area contributed by atoms with Crippen LogP contribution < -0.4 is 0 Å². The summed E-state index contributed by atoms with van der Waals surface area (Å²) in [5.41, 5.74) is 0. The number of benzene rings is 1. The average molecular weight is 254 g/mol. The van der Waals surface area contributed by atoms with Crippen LogP contribution in [0.15, 0.2) is 46.7 Å². The van der Waals surface area contributed by atoms with E-state index in [0.717, 1.165) is 4.88 Å². The zero-order chi connectivity index (χ0) is 11.4. The molecule has 1 aromatic carbocycles. The van der Waals surface area contributed by atoms with E-state index in [1.807, 2.05) is 17.5 Å². The third-order valence-electron chi connectivity index (χ3n) is 2.10. The Morgan fingerprint density at radius 1 is 1.25 bits per heavy atom. The number of hydrogen-bond donors (Lipinski definition) is 1. The van der Waals surface area contributed by atoms with Crippen LogP contribution >= 0.6 is 23.1 Å². The standard InChI is InChI=1S/C12H11FOS2/c13-9-4-1-2-5-11(9)16-8-10(14)12-6-3-7-15-12/h1-7,10,14H,8H2. The molecule has 0 saturated heterocycles. The van der Waals surface area contributed by atoms with Gasteiger partial charge >= 0.3 is 0 Å². The summed E-state index contributed by atoms with van der Waals surface area (Å²) in [6.07, 6.45) is -0.524. The fourth-order valence-electron chi connectivity index (χ4n) is 1.29. The Kier molecular flexibility index (Phi) is 3.98. The summed E-state index contributed by atoms with van der Waals surface area (Å²) in [5, 5.41) is 11.8. The lowest BCUT2D eigenvalue weighted by atomic mass is 10.3. The second-order valence-corrected chi connectivity index (χ2v) is 5.31. The first kappa shape index (κ1) is 11.6. The van der Waals surface area contributed by atoms with Gasteiger partial charge in [-0.2, -0.15) is 0 Å². The highest BCUT2D eigenvalue weighted by Gasteiger charge is 2.10. The van der Waals surface area contributed by atoms with E-state index in [4.69, 9.17) is 0 Å². The summed E-state index contributed by atoms with van der Waals surface area (Å²) in [5.74, 6) is 0.243. The molecule has 1 nitrogen and oxygen atoms in total. The van der Waals surface area contributed by atoms with Gasteiger partial charge in [-0.15, -0.1) is 23.1 Å². The van der Waals surface area contributed by atoms with Crippen LogP contribution in [0.4, 0.5) is 4.39 Å². The monoisotopic (exact) mass is 254 g/mol. The minimum absolute atomic E-state index is 0.231. The van der Waals surface area contributed by atoms with Crippen molar-refractivity contribution in [3.8, 4) is 0 Å². The fourth-order valence-corrected chi connectivity index (χ4v) is 3.01. The normalized spacial score (nSPS) is 12.6. The number of rotatable bonds is 4. The van der Waals surface area contributed by atoms with Gasteiger partial charge in [-0.05, 0) is 23.6 Å². The van der Waals surface area contributed by atoms with Crippen molar-refractivity contribution in [1.82, 2.24) is 0 Å². The zero-order valence-corrected chi connectivity index (χ0v) is 10.1. The largest absolute Gasteiger partial charge is 0.387 e. The van der Waals surface area contributed by atoms with Crippen LogP contribution in [0.2, 0.25) is 0 Å². The van der Waals surface area contributed by atoms with Gasteiger partial charge in [0, 0.05) is 15.5 Å². The summed E-state index contributed by atoms with van der Waals surface area (Å²) in [6.45, 7) is 0. The Labute approximate surface area is 102 Å². The fraction of sp³-hybridized carbons (Fsp3) is 0.167. The summed E-state index contributed by atoms with van der Waals surface area (Å²) < 4.78 is 13.3. The third-order valence-corrected chi connectivity index (χ3v) is 4.20. The van der Waals surface area contributed by atoms with E-state index in [2.05, 4.69) is 0 Å². The molecule has 1 aromatic heterocycles. The molecule has 0 fully saturated rings. The molecule has 2 rings (SSSR count). The van der Waals surface area contributed by atoms with Crippen molar-refractivity contribution in [1.29, 1.82) is 0 Å². The minimum Gasteiger partial charge on any atom is -0.387 e. The van der Waals surface area contributed by atoms with Crippen LogP contribution in [0.5, 0.6) is 0 Å². The van der Waals surface area contributed by atoms with Crippen LogP contribution in [0.25, 0.3) is 0 Å². The molecule has 0 radical (unpaired) electrons. The van der Waals surface area contributed by atoms with E-state index in [9.17, 15) is 9.50 Å². The topological polar surface area (TPSA) is 20.2 Å². The molecule has 0 amide bonds. The molecule has 16 heavy (non-hydrogen) atoms. The van der Waals surface area contributed by atoms with Gasteiger partial charge in [-0.1, -0.05) is 18.2 Å². The van der Waals surface area contributed by atoms with Crippen molar-refractivity contribution < 1.29 is 9.50 Å². The van der Waals surface area contributed by atoms with Crippen molar-refractivity contribution in [3.63, 3.8) is 0 Å². The molecule has 0 aliphatic carbocycles. The molecule has 0 spiro atoms. The van der Waals surface area contributed by atoms with Crippen LogP contribution in [-0.2, 0) is 0 Å². The molecule has 1 unspecified atom stereocenters. The van der Waals surface area contributed by atoms with Crippen LogP contribution in [0.1, 0.15) is 11.0 Å². The van der Waals surface area contributed by atoms with Crippen LogP contribution in [0, 0.1) is 5.82 Å². The van der Waals surface area contributed by atoms with Crippen molar-refractivity contribution >= 4 is 23.1 Å². The molecule has 0 saturated carbocycles. The zero-order valence-electron chi connectivity index (χ0n) is 8.47. The van der Waals surface area contributed by atoms with E-state index in [1.165, 1.54) is 29.2 Å². The predicted octanol–water partition coefficient (Wildman–Crippen LogP) is 3.71. The van der Waals surface area contributed by atoms with Crippen molar-refractivity contribution in [3.05, 3.63) is 52.5 Å². The van der Waals surface area contributed by atoms with Gasteiger partial charge in [-0.25, -0.2) is 4.39 Å². The van der Waals surface area contributed by atoms with Crippen molar-refractivity contribution in [2.45, 2.75) is 11.0 Å². The third kappa shape index (κ3) is 2.84. The second kappa shape index (κ2) is 5.48. The number of thioether (sulfide) groups is 1. The van der Waals surface area contributed by atoms with Gasteiger partial charge in [-0.3, -0.25) is 0 Å². The van der Waals surface area contributed by atoms with E-state index in [-0.39, 0.29) is 5.82 Å². The Hall–Kier alpha value is -0.840. The molecule has 1 N–H and O–H groups in total. The lowest BCUT2D eigenvalue weighted by Gasteiger charge is -2.08. The number of aliphatic hydroxyl groups is 1. The molecular formula is C12H11FOS2. The first-order chi connectivity index (χ1) is 7.77. The number of thiophene rings is 1. The summed E-state index contributed by atoms with van der Waals surface area (Å²) >= 11 is 2.85. The predicted molar refractivity (Wildman–Crippen MR) is 66.4 cm³/mol. The molecular weight excluding hydrogens is 243 g/mol. The Balaban J connectivity index is 1.95. The smallest absolute Gasteiger partial charge is 0.136 e.